The van der Waals surface area contributed by atoms with Crippen LogP contribution in [0.3, 0.4) is 0 Å². The zero-order valence-corrected chi connectivity index (χ0v) is 11.0. The smallest absolute Gasteiger partial charge is 0.119 e. The Balaban J connectivity index is 2.53. The van der Waals surface area contributed by atoms with Gasteiger partial charge in [0.2, 0.25) is 0 Å². The van der Waals surface area contributed by atoms with Crippen molar-refractivity contribution in [2.45, 2.75) is 25.8 Å². The molecular weight excluding hydrogens is 214 g/mol. The zero-order chi connectivity index (χ0) is 12.5. The van der Waals surface area contributed by atoms with Gasteiger partial charge in [0, 0.05) is 19.3 Å². The van der Waals surface area contributed by atoms with Crippen molar-refractivity contribution in [2.75, 3.05) is 27.4 Å². The Kier molecular flexibility index (Phi) is 6.67. The van der Waals surface area contributed by atoms with Crippen LogP contribution in [-0.4, -0.2) is 27.4 Å². The summed E-state index contributed by atoms with van der Waals surface area (Å²) in [4.78, 5) is 0. The van der Waals surface area contributed by atoms with Gasteiger partial charge in [0.05, 0.1) is 7.11 Å². The third-order valence-corrected chi connectivity index (χ3v) is 2.83. The highest BCUT2D eigenvalue weighted by Gasteiger charge is 2.09. The van der Waals surface area contributed by atoms with E-state index in [0.717, 1.165) is 31.8 Å². The predicted octanol–water partition coefficient (Wildman–Crippen LogP) is 2.77. The third kappa shape index (κ3) is 4.75. The molecule has 1 aromatic rings. The zero-order valence-electron chi connectivity index (χ0n) is 11.0. The fourth-order valence-corrected chi connectivity index (χ4v) is 1.87. The molecule has 0 fully saturated rings. The quantitative estimate of drug-likeness (QED) is 0.705. The van der Waals surface area contributed by atoms with Crippen LogP contribution in [0.1, 0.15) is 31.4 Å². The Morgan fingerprint density at radius 1 is 1.35 bits per heavy atom. The Bertz CT molecular complexity index is 315. The van der Waals surface area contributed by atoms with Crippen LogP contribution in [0.2, 0.25) is 0 Å². The number of nitrogens with one attached hydrogen (secondary N) is 1. The summed E-state index contributed by atoms with van der Waals surface area (Å²) in [5.74, 6) is 0.910. The van der Waals surface area contributed by atoms with E-state index in [1.54, 1.807) is 7.11 Å². The maximum Gasteiger partial charge on any atom is 0.119 e. The minimum Gasteiger partial charge on any atom is -0.497 e. The van der Waals surface area contributed by atoms with Gasteiger partial charge < -0.3 is 14.8 Å². The van der Waals surface area contributed by atoms with E-state index in [9.17, 15) is 0 Å². The van der Waals surface area contributed by atoms with Gasteiger partial charge in [0.25, 0.3) is 0 Å². The van der Waals surface area contributed by atoms with E-state index in [2.05, 4.69) is 17.4 Å². The highest BCUT2D eigenvalue weighted by Crippen LogP contribution is 2.22. The Hall–Kier alpha value is -1.06. The fraction of sp³-hybridized carbons (Fsp3) is 0.571. The molecule has 0 radical (unpaired) electrons. The molecule has 1 unspecified atom stereocenters. The maximum atomic E-state index is 5.36. The Morgan fingerprint density at radius 2 is 2.18 bits per heavy atom. The van der Waals surface area contributed by atoms with E-state index in [-0.39, 0.29) is 0 Å². The normalized spacial score (nSPS) is 12.4. The third-order valence-electron chi connectivity index (χ3n) is 2.83. The second-order valence-electron chi connectivity index (χ2n) is 3.96. The van der Waals surface area contributed by atoms with E-state index in [0.29, 0.717) is 6.04 Å². The van der Waals surface area contributed by atoms with Crippen LogP contribution < -0.4 is 10.1 Å². The molecule has 0 amide bonds. The first kappa shape index (κ1) is 14.0. The van der Waals surface area contributed by atoms with Crippen LogP contribution in [0.5, 0.6) is 5.75 Å². The van der Waals surface area contributed by atoms with Crippen LogP contribution in [0, 0.1) is 0 Å². The highest BCUT2D eigenvalue weighted by molar-refractivity contribution is 5.30. The summed E-state index contributed by atoms with van der Waals surface area (Å²) in [6, 6.07) is 8.58. The van der Waals surface area contributed by atoms with Crippen molar-refractivity contribution in [3.63, 3.8) is 0 Å². The molecule has 3 nitrogen and oxygen atoms in total. The molecule has 1 rings (SSSR count). The molecule has 1 N–H and O–H groups in total. The molecule has 17 heavy (non-hydrogen) atoms. The van der Waals surface area contributed by atoms with Crippen molar-refractivity contribution < 1.29 is 9.47 Å². The monoisotopic (exact) mass is 237 g/mol. The first-order valence-corrected chi connectivity index (χ1v) is 6.20. The second kappa shape index (κ2) is 8.09. The van der Waals surface area contributed by atoms with E-state index in [1.165, 1.54) is 5.56 Å². The predicted molar refractivity (Wildman–Crippen MR) is 70.5 cm³/mol. The van der Waals surface area contributed by atoms with Gasteiger partial charge in [-0.2, -0.15) is 0 Å². The molecule has 0 saturated heterocycles. The van der Waals surface area contributed by atoms with E-state index in [4.69, 9.17) is 9.47 Å². The summed E-state index contributed by atoms with van der Waals surface area (Å²) in [6.45, 7) is 3.65. The number of ether oxygens (including phenoxy) is 2. The van der Waals surface area contributed by atoms with E-state index >= 15 is 0 Å². The number of benzene rings is 1. The summed E-state index contributed by atoms with van der Waals surface area (Å²) in [5.41, 5.74) is 1.27. The molecule has 0 aliphatic carbocycles. The van der Waals surface area contributed by atoms with E-state index < -0.39 is 0 Å². The lowest BCUT2D eigenvalue weighted by Gasteiger charge is -2.17. The van der Waals surface area contributed by atoms with Gasteiger partial charge in [-0.3, -0.25) is 0 Å². The topological polar surface area (TPSA) is 30.5 Å². The molecule has 0 bridgehead atoms. The number of rotatable bonds is 8. The molecule has 0 aliphatic rings. The lowest BCUT2D eigenvalue weighted by molar-refractivity contribution is 0.141. The molecule has 0 saturated carbocycles. The van der Waals surface area contributed by atoms with Crippen LogP contribution in [0.4, 0.5) is 0 Å². The largest absolute Gasteiger partial charge is 0.497 e. The average Bonchev–Trinajstić information content (AvgIpc) is 2.39. The molecule has 0 aromatic heterocycles. The first-order valence-electron chi connectivity index (χ1n) is 6.20. The fourth-order valence-electron chi connectivity index (χ4n) is 1.87. The van der Waals surface area contributed by atoms with Crippen molar-refractivity contribution >= 4 is 0 Å². The number of hydrogen-bond donors (Lipinski definition) is 1. The van der Waals surface area contributed by atoms with Crippen molar-refractivity contribution in [3.05, 3.63) is 29.8 Å². The van der Waals surface area contributed by atoms with Gasteiger partial charge in [0.1, 0.15) is 5.75 Å². The van der Waals surface area contributed by atoms with Crippen molar-refractivity contribution in [1.29, 1.82) is 0 Å². The molecular formula is C14H23NO2. The highest BCUT2D eigenvalue weighted by atomic mass is 16.5. The van der Waals surface area contributed by atoms with E-state index in [1.807, 2.05) is 26.1 Å². The summed E-state index contributed by atoms with van der Waals surface area (Å²) >= 11 is 0. The van der Waals surface area contributed by atoms with Crippen LogP contribution in [-0.2, 0) is 4.74 Å². The Morgan fingerprint density at radius 3 is 2.82 bits per heavy atom. The van der Waals surface area contributed by atoms with Gasteiger partial charge in [-0.1, -0.05) is 12.1 Å². The minimum absolute atomic E-state index is 0.366. The lowest BCUT2D eigenvalue weighted by Crippen LogP contribution is -2.17. The average molecular weight is 237 g/mol. The summed E-state index contributed by atoms with van der Waals surface area (Å²) in [6.07, 6.45) is 2.14. The summed E-state index contributed by atoms with van der Waals surface area (Å²) < 4.78 is 10.6. The van der Waals surface area contributed by atoms with Crippen LogP contribution in [0.15, 0.2) is 24.3 Å². The number of hydrogen-bond acceptors (Lipinski definition) is 3. The summed E-state index contributed by atoms with van der Waals surface area (Å²) in [7, 11) is 3.69. The van der Waals surface area contributed by atoms with Gasteiger partial charge in [-0.25, -0.2) is 0 Å². The lowest BCUT2D eigenvalue weighted by atomic mass is 10.0. The Labute approximate surface area is 104 Å². The SMILES string of the molecule is CCOCCCC(NC)c1cccc(OC)c1. The molecule has 3 heteroatoms. The van der Waals surface area contributed by atoms with Crippen molar-refractivity contribution in [1.82, 2.24) is 5.32 Å². The molecule has 96 valence electrons. The molecule has 0 spiro atoms. The van der Waals surface area contributed by atoms with Crippen LogP contribution >= 0.6 is 0 Å². The maximum absolute atomic E-state index is 5.36. The van der Waals surface area contributed by atoms with Gasteiger partial charge >= 0.3 is 0 Å². The van der Waals surface area contributed by atoms with Crippen LogP contribution in [0.25, 0.3) is 0 Å². The molecule has 1 atom stereocenters. The van der Waals surface area contributed by atoms with Gasteiger partial charge in [0.15, 0.2) is 0 Å². The minimum atomic E-state index is 0.366. The molecule has 0 aliphatic heterocycles. The summed E-state index contributed by atoms with van der Waals surface area (Å²) in [5, 5.41) is 3.34. The standard InChI is InChI=1S/C14H23NO2/c1-4-17-10-6-9-14(15-2)12-7-5-8-13(11-12)16-3/h5,7-8,11,14-15H,4,6,9-10H2,1-3H3. The van der Waals surface area contributed by atoms with Crippen molar-refractivity contribution in [3.8, 4) is 5.75 Å². The molecule has 1 aromatic carbocycles. The molecule has 0 heterocycles. The van der Waals surface area contributed by atoms with Gasteiger partial charge in [-0.15, -0.1) is 0 Å². The second-order valence-corrected chi connectivity index (χ2v) is 3.96. The van der Waals surface area contributed by atoms with Gasteiger partial charge in [-0.05, 0) is 44.5 Å². The first-order chi connectivity index (χ1) is 8.31. The number of methoxy groups -OCH3 is 1. The van der Waals surface area contributed by atoms with Crippen molar-refractivity contribution in [2.24, 2.45) is 0 Å².